The van der Waals surface area contributed by atoms with Crippen molar-refractivity contribution in [1.29, 1.82) is 0 Å². The summed E-state index contributed by atoms with van der Waals surface area (Å²) in [6.07, 6.45) is 0.192. The summed E-state index contributed by atoms with van der Waals surface area (Å²) in [5, 5.41) is 13.1. The smallest absolute Gasteiger partial charge is 0.289 e. The lowest BCUT2D eigenvalue weighted by Crippen LogP contribution is -2.36. The van der Waals surface area contributed by atoms with Crippen LogP contribution < -0.4 is 5.32 Å². The number of hydrogen-bond acceptors (Lipinski definition) is 5. The first-order valence-electron chi connectivity index (χ1n) is 5.95. The predicted molar refractivity (Wildman–Crippen MR) is 72.7 cm³/mol. The number of amides is 3. The lowest BCUT2D eigenvalue weighted by atomic mass is 10.2. The summed E-state index contributed by atoms with van der Waals surface area (Å²) in [6.45, 7) is -0.409. The number of nitro benzene ring substituents is 1. The molecule has 0 bridgehead atoms. The number of carbonyl (C=O) groups is 3. The lowest BCUT2D eigenvalue weighted by Gasteiger charge is -2.13. The van der Waals surface area contributed by atoms with Crippen LogP contribution in [0.5, 0.6) is 0 Å². The summed E-state index contributed by atoms with van der Waals surface area (Å²) < 4.78 is 0. The molecular formula is C12H10ClN3O5. The Morgan fingerprint density at radius 1 is 1.33 bits per heavy atom. The molecule has 0 radical (unpaired) electrons. The number of imide groups is 1. The Morgan fingerprint density at radius 3 is 2.52 bits per heavy atom. The van der Waals surface area contributed by atoms with Gasteiger partial charge in [0.05, 0.1) is 4.92 Å². The van der Waals surface area contributed by atoms with Gasteiger partial charge in [0, 0.05) is 24.6 Å². The summed E-state index contributed by atoms with van der Waals surface area (Å²) >= 11 is 5.65. The van der Waals surface area contributed by atoms with E-state index in [0.717, 1.165) is 11.0 Å². The minimum atomic E-state index is -0.675. The number of benzene rings is 1. The van der Waals surface area contributed by atoms with E-state index in [0.29, 0.717) is 0 Å². The number of nitrogens with zero attached hydrogens (tertiary/aromatic N) is 2. The van der Waals surface area contributed by atoms with Crippen LogP contribution in [-0.2, 0) is 14.4 Å². The van der Waals surface area contributed by atoms with Crippen molar-refractivity contribution < 1.29 is 19.3 Å². The fourth-order valence-corrected chi connectivity index (χ4v) is 2.06. The average Bonchev–Trinajstić information content (AvgIpc) is 2.72. The second-order valence-electron chi connectivity index (χ2n) is 4.35. The Kier molecular flexibility index (Phi) is 4.18. The maximum absolute atomic E-state index is 11.8. The molecule has 1 aliphatic rings. The van der Waals surface area contributed by atoms with Crippen molar-refractivity contribution in [2.45, 2.75) is 12.8 Å². The molecule has 8 nitrogen and oxygen atoms in total. The molecule has 110 valence electrons. The monoisotopic (exact) mass is 311 g/mol. The molecular weight excluding hydrogens is 302 g/mol. The second-order valence-corrected chi connectivity index (χ2v) is 4.75. The van der Waals surface area contributed by atoms with E-state index in [1.165, 1.54) is 12.1 Å². The van der Waals surface area contributed by atoms with Crippen LogP contribution in [-0.4, -0.2) is 34.1 Å². The van der Waals surface area contributed by atoms with E-state index in [9.17, 15) is 24.5 Å². The highest BCUT2D eigenvalue weighted by molar-refractivity contribution is 6.32. The van der Waals surface area contributed by atoms with Crippen molar-refractivity contribution in [1.82, 2.24) is 4.90 Å². The number of nitro groups is 1. The van der Waals surface area contributed by atoms with Gasteiger partial charge in [-0.3, -0.25) is 29.4 Å². The van der Waals surface area contributed by atoms with Crippen LogP contribution in [0.3, 0.4) is 0 Å². The SMILES string of the molecule is O=C(CN1C(=O)CCC1=O)Nc1ccc(Cl)c([N+](=O)[O-])c1. The van der Waals surface area contributed by atoms with E-state index in [-0.39, 0.29) is 29.2 Å². The van der Waals surface area contributed by atoms with Crippen molar-refractivity contribution in [3.8, 4) is 0 Å². The maximum atomic E-state index is 11.8. The average molecular weight is 312 g/mol. The van der Waals surface area contributed by atoms with Gasteiger partial charge in [-0.15, -0.1) is 0 Å². The van der Waals surface area contributed by atoms with Crippen LogP contribution >= 0.6 is 11.6 Å². The lowest BCUT2D eigenvalue weighted by molar-refractivity contribution is -0.384. The molecule has 2 rings (SSSR count). The third kappa shape index (κ3) is 3.34. The van der Waals surface area contributed by atoms with Gasteiger partial charge in [0.1, 0.15) is 11.6 Å². The topological polar surface area (TPSA) is 110 Å². The van der Waals surface area contributed by atoms with Gasteiger partial charge in [-0.05, 0) is 12.1 Å². The summed E-state index contributed by atoms with van der Waals surface area (Å²) in [5.74, 6) is -1.43. The van der Waals surface area contributed by atoms with Crippen LogP contribution in [0.15, 0.2) is 18.2 Å². The molecule has 1 fully saturated rings. The van der Waals surface area contributed by atoms with E-state index >= 15 is 0 Å². The Labute approximate surface area is 123 Å². The summed E-state index contributed by atoms with van der Waals surface area (Å²) in [7, 11) is 0. The van der Waals surface area contributed by atoms with E-state index in [1.807, 2.05) is 0 Å². The highest BCUT2D eigenvalue weighted by Gasteiger charge is 2.30. The van der Waals surface area contributed by atoms with Crippen molar-refractivity contribution >= 4 is 40.7 Å². The molecule has 9 heteroatoms. The normalized spacial score (nSPS) is 14.4. The summed E-state index contributed by atoms with van der Waals surface area (Å²) in [6, 6.07) is 3.77. The standard InChI is InChI=1S/C12H10ClN3O5/c13-8-2-1-7(5-9(8)16(20)21)14-10(17)6-15-11(18)3-4-12(15)19/h1-2,5H,3-4,6H2,(H,14,17). The molecule has 0 unspecified atom stereocenters. The van der Waals surface area contributed by atoms with Crippen molar-refractivity contribution in [2.75, 3.05) is 11.9 Å². The maximum Gasteiger partial charge on any atom is 0.289 e. The molecule has 0 atom stereocenters. The van der Waals surface area contributed by atoms with Crippen molar-refractivity contribution in [3.63, 3.8) is 0 Å². The largest absolute Gasteiger partial charge is 0.324 e. The van der Waals surface area contributed by atoms with Crippen LogP contribution in [0.25, 0.3) is 0 Å². The van der Waals surface area contributed by atoms with Gasteiger partial charge < -0.3 is 5.32 Å². The molecule has 21 heavy (non-hydrogen) atoms. The molecule has 0 saturated carbocycles. The molecule has 1 N–H and O–H groups in total. The zero-order valence-corrected chi connectivity index (χ0v) is 11.4. The Balaban J connectivity index is 2.06. The Hall–Kier alpha value is -2.48. The number of likely N-dealkylation sites (tertiary alicyclic amines) is 1. The molecule has 1 heterocycles. The number of hydrogen-bond donors (Lipinski definition) is 1. The fourth-order valence-electron chi connectivity index (χ4n) is 1.87. The number of rotatable bonds is 4. The number of anilines is 1. The number of carbonyl (C=O) groups excluding carboxylic acids is 3. The molecule has 0 spiro atoms. The minimum Gasteiger partial charge on any atom is -0.324 e. The third-order valence-corrected chi connectivity index (χ3v) is 3.20. The number of halogens is 1. The second kappa shape index (κ2) is 5.88. The number of nitrogens with one attached hydrogen (secondary N) is 1. The molecule has 1 aliphatic heterocycles. The van der Waals surface area contributed by atoms with Gasteiger partial charge >= 0.3 is 0 Å². The minimum absolute atomic E-state index is 0.0529. The first kappa shape index (κ1) is 14.9. The molecule has 1 aromatic carbocycles. The first-order valence-corrected chi connectivity index (χ1v) is 6.33. The molecule has 3 amide bonds. The molecule has 1 aromatic rings. The first-order chi connectivity index (χ1) is 9.88. The summed E-state index contributed by atoms with van der Waals surface area (Å²) in [4.78, 5) is 45.4. The Morgan fingerprint density at radius 2 is 1.95 bits per heavy atom. The zero-order valence-electron chi connectivity index (χ0n) is 10.7. The van der Waals surface area contributed by atoms with Crippen molar-refractivity contribution in [2.24, 2.45) is 0 Å². The Bertz CT molecular complexity index is 630. The predicted octanol–water partition coefficient (Wildman–Crippen LogP) is 1.34. The van der Waals surface area contributed by atoms with Crippen molar-refractivity contribution in [3.05, 3.63) is 33.3 Å². The van der Waals surface area contributed by atoms with Crippen LogP contribution in [0, 0.1) is 10.1 Å². The van der Waals surface area contributed by atoms with Gasteiger partial charge in [-0.2, -0.15) is 0 Å². The quantitative estimate of drug-likeness (QED) is 0.512. The van der Waals surface area contributed by atoms with Gasteiger partial charge in [0.2, 0.25) is 17.7 Å². The molecule has 0 aromatic heterocycles. The highest BCUT2D eigenvalue weighted by Crippen LogP contribution is 2.27. The van der Waals surface area contributed by atoms with E-state index in [2.05, 4.69) is 5.32 Å². The van der Waals surface area contributed by atoms with Gasteiger partial charge in [-0.25, -0.2) is 0 Å². The van der Waals surface area contributed by atoms with E-state index < -0.39 is 29.2 Å². The van der Waals surface area contributed by atoms with Crippen LogP contribution in [0.1, 0.15) is 12.8 Å². The van der Waals surface area contributed by atoms with E-state index in [1.54, 1.807) is 0 Å². The molecule has 1 saturated heterocycles. The zero-order chi connectivity index (χ0) is 15.6. The molecule has 0 aliphatic carbocycles. The fraction of sp³-hybridized carbons (Fsp3) is 0.250. The summed E-state index contributed by atoms with van der Waals surface area (Å²) in [5.41, 5.74) is -0.182. The van der Waals surface area contributed by atoms with Crippen LogP contribution in [0.2, 0.25) is 5.02 Å². The highest BCUT2D eigenvalue weighted by atomic mass is 35.5. The van der Waals surface area contributed by atoms with Crippen LogP contribution in [0.4, 0.5) is 11.4 Å². The van der Waals surface area contributed by atoms with Gasteiger partial charge in [0.15, 0.2) is 0 Å². The van der Waals surface area contributed by atoms with E-state index in [4.69, 9.17) is 11.6 Å². The van der Waals surface area contributed by atoms with Gasteiger partial charge in [0.25, 0.3) is 5.69 Å². The third-order valence-electron chi connectivity index (χ3n) is 2.88. The van der Waals surface area contributed by atoms with Gasteiger partial charge in [-0.1, -0.05) is 11.6 Å².